The SMILES string of the molecule is CC1Cc2ccccc2N1C(=O)c1ccc(N(C)S(=O)(=O)c2ccccc2)cc1Cl. The van der Waals surface area contributed by atoms with Gasteiger partial charge in [0.25, 0.3) is 15.9 Å². The Balaban J connectivity index is 1.65. The monoisotopic (exact) mass is 440 g/mol. The summed E-state index contributed by atoms with van der Waals surface area (Å²) in [5.74, 6) is -0.197. The van der Waals surface area contributed by atoms with Crippen LogP contribution in [0.4, 0.5) is 11.4 Å². The molecule has 0 radical (unpaired) electrons. The molecule has 30 heavy (non-hydrogen) atoms. The van der Waals surface area contributed by atoms with E-state index < -0.39 is 10.0 Å². The molecular formula is C23H21ClN2O3S. The molecular weight excluding hydrogens is 420 g/mol. The van der Waals surface area contributed by atoms with Crippen molar-refractivity contribution in [3.63, 3.8) is 0 Å². The summed E-state index contributed by atoms with van der Waals surface area (Å²) in [5, 5.41) is 0.212. The lowest BCUT2D eigenvalue weighted by Gasteiger charge is -2.24. The van der Waals surface area contributed by atoms with Crippen LogP contribution in [0, 0.1) is 0 Å². The van der Waals surface area contributed by atoms with Crippen molar-refractivity contribution in [3.05, 3.63) is 88.9 Å². The summed E-state index contributed by atoms with van der Waals surface area (Å²) in [6.07, 6.45) is 0.787. The van der Waals surface area contributed by atoms with Crippen molar-refractivity contribution in [1.82, 2.24) is 0 Å². The molecule has 1 atom stereocenters. The number of rotatable bonds is 4. The molecule has 0 saturated carbocycles. The standard InChI is InChI=1S/C23H21ClN2O3S/c1-16-14-17-8-6-7-11-22(17)26(16)23(27)20-13-12-18(15-21(20)24)25(2)30(28,29)19-9-4-3-5-10-19/h3-13,15-16H,14H2,1-2H3. The van der Waals surface area contributed by atoms with Crippen molar-refractivity contribution in [2.45, 2.75) is 24.3 Å². The Bertz CT molecular complexity index is 1210. The first-order valence-corrected chi connectivity index (χ1v) is 11.4. The molecule has 3 aromatic rings. The number of hydrogen-bond acceptors (Lipinski definition) is 3. The fraction of sp³-hybridized carbons (Fsp3) is 0.174. The van der Waals surface area contributed by atoms with Crippen molar-refractivity contribution in [2.24, 2.45) is 0 Å². The van der Waals surface area contributed by atoms with Crippen LogP contribution in [0.3, 0.4) is 0 Å². The van der Waals surface area contributed by atoms with Crippen LogP contribution >= 0.6 is 11.6 Å². The van der Waals surface area contributed by atoms with E-state index in [0.717, 1.165) is 22.0 Å². The number of nitrogens with zero attached hydrogens (tertiary/aromatic N) is 2. The van der Waals surface area contributed by atoms with Gasteiger partial charge in [-0.15, -0.1) is 0 Å². The fourth-order valence-corrected chi connectivity index (χ4v) is 5.23. The van der Waals surface area contributed by atoms with Gasteiger partial charge in [-0.05, 0) is 55.3 Å². The lowest BCUT2D eigenvalue weighted by Crippen LogP contribution is -2.36. The van der Waals surface area contributed by atoms with E-state index in [4.69, 9.17) is 11.6 Å². The van der Waals surface area contributed by atoms with Crippen LogP contribution in [0.15, 0.2) is 77.7 Å². The molecule has 0 spiro atoms. The molecule has 4 rings (SSSR count). The Kier molecular flexibility index (Phi) is 5.30. The summed E-state index contributed by atoms with van der Waals surface area (Å²) in [6, 6.07) is 20.7. The van der Waals surface area contributed by atoms with E-state index in [9.17, 15) is 13.2 Å². The van der Waals surface area contributed by atoms with Crippen molar-refractivity contribution < 1.29 is 13.2 Å². The van der Waals surface area contributed by atoms with Crippen molar-refractivity contribution in [2.75, 3.05) is 16.3 Å². The van der Waals surface area contributed by atoms with Gasteiger partial charge in [-0.1, -0.05) is 48.0 Å². The smallest absolute Gasteiger partial charge is 0.264 e. The number of hydrogen-bond donors (Lipinski definition) is 0. The van der Waals surface area contributed by atoms with E-state index in [1.54, 1.807) is 35.2 Å². The van der Waals surface area contributed by atoms with Crippen molar-refractivity contribution >= 4 is 38.9 Å². The Morgan fingerprint density at radius 3 is 2.40 bits per heavy atom. The maximum absolute atomic E-state index is 13.3. The predicted octanol–water partition coefficient (Wildman–Crippen LogP) is 4.76. The topological polar surface area (TPSA) is 57.7 Å². The quantitative estimate of drug-likeness (QED) is 0.587. The second-order valence-corrected chi connectivity index (χ2v) is 9.68. The minimum Gasteiger partial charge on any atom is -0.305 e. The average molecular weight is 441 g/mol. The van der Waals surface area contributed by atoms with Crippen LogP contribution in [0.1, 0.15) is 22.8 Å². The van der Waals surface area contributed by atoms with Crippen LogP contribution in [0.2, 0.25) is 5.02 Å². The van der Waals surface area contributed by atoms with Gasteiger partial charge in [0, 0.05) is 18.8 Å². The number of fused-ring (bicyclic) bond motifs is 1. The summed E-state index contributed by atoms with van der Waals surface area (Å²) in [4.78, 5) is 15.2. The number of anilines is 2. The number of amides is 1. The number of benzene rings is 3. The first-order valence-electron chi connectivity index (χ1n) is 9.55. The Labute approximate surface area is 181 Å². The highest BCUT2D eigenvalue weighted by molar-refractivity contribution is 7.92. The highest BCUT2D eigenvalue weighted by Gasteiger charge is 2.32. The number of carbonyl (C=O) groups excluding carboxylic acids is 1. The van der Waals surface area contributed by atoms with Gasteiger partial charge in [0.05, 0.1) is 21.2 Å². The number of halogens is 1. The van der Waals surface area contributed by atoms with E-state index in [1.807, 2.05) is 31.2 Å². The zero-order valence-corrected chi connectivity index (χ0v) is 18.2. The second kappa shape index (κ2) is 7.78. The minimum absolute atomic E-state index is 0.0202. The molecule has 1 aliphatic heterocycles. The van der Waals surface area contributed by atoms with Gasteiger partial charge in [-0.25, -0.2) is 8.42 Å². The average Bonchev–Trinajstić information content (AvgIpc) is 3.09. The summed E-state index contributed by atoms with van der Waals surface area (Å²) in [6.45, 7) is 2.00. The number of sulfonamides is 1. The molecule has 1 aliphatic rings. The van der Waals surface area contributed by atoms with Crippen LogP contribution < -0.4 is 9.21 Å². The highest BCUT2D eigenvalue weighted by atomic mass is 35.5. The molecule has 7 heteroatoms. The normalized spacial score (nSPS) is 15.7. The third kappa shape index (κ3) is 3.46. The third-order valence-electron chi connectivity index (χ3n) is 5.37. The molecule has 1 unspecified atom stereocenters. The van der Waals surface area contributed by atoms with Gasteiger partial charge in [0.15, 0.2) is 0 Å². The minimum atomic E-state index is -3.73. The zero-order valence-electron chi connectivity index (χ0n) is 16.6. The Morgan fingerprint density at radius 2 is 1.70 bits per heavy atom. The second-order valence-electron chi connectivity index (χ2n) is 7.31. The predicted molar refractivity (Wildman–Crippen MR) is 120 cm³/mol. The molecule has 0 fully saturated rings. The molecule has 0 saturated heterocycles. The Hall–Kier alpha value is -2.83. The molecule has 0 aromatic heterocycles. The van der Waals surface area contributed by atoms with Gasteiger partial charge >= 0.3 is 0 Å². The molecule has 1 heterocycles. The molecule has 0 bridgehead atoms. The lowest BCUT2D eigenvalue weighted by atomic mass is 10.1. The number of para-hydroxylation sites is 1. The lowest BCUT2D eigenvalue weighted by molar-refractivity contribution is 0.0981. The van der Waals surface area contributed by atoms with Gasteiger partial charge in [-0.2, -0.15) is 0 Å². The first kappa shape index (κ1) is 20.4. The summed E-state index contributed by atoms with van der Waals surface area (Å²) >= 11 is 6.45. The fourth-order valence-electron chi connectivity index (χ4n) is 3.77. The molecule has 1 amide bonds. The molecule has 154 valence electrons. The summed E-state index contributed by atoms with van der Waals surface area (Å²) in [5.41, 5.74) is 2.74. The molecule has 0 aliphatic carbocycles. The third-order valence-corrected chi connectivity index (χ3v) is 7.49. The van der Waals surface area contributed by atoms with E-state index in [2.05, 4.69) is 0 Å². The Morgan fingerprint density at radius 1 is 1.03 bits per heavy atom. The number of carbonyl (C=O) groups is 1. The van der Waals surface area contributed by atoms with E-state index in [-0.39, 0.29) is 21.9 Å². The van der Waals surface area contributed by atoms with Gasteiger partial charge < -0.3 is 4.90 Å². The van der Waals surface area contributed by atoms with Crippen molar-refractivity contribution in [3.8, 4) is 0 Å². The maximum Gasteiger partial charge on any atom is 0.264 e. The van der Waals surface area contributed by atoms with E-state index in [0.29, 0.717) is 11.3 Å². The van der Waals surface area contributed by atoms with Crippen LogP contribution in [0.25, 0.3) is 0 Å². The van der Waals surface area contributed by atoms with Crippen LogP contribution in [0.5, 0.6) is 0 Å². The van der Waals surface area contributed by atoms with Gasteiger partial charge in [0.2, 0.25) is 0 Å². The molecule has 3 aromatic carbocycles. The van der Waals surface area contributed by atoms with E-state index >= 15 is 0 Å². The van der Waals surface area contributed by atoms with Gasteiger partial charge in [-0.3, -0.25) is 9.10 Å². The molecule has 0 N–H and O–H groups in total. The summed E-state index contributed by atoms with van der Waals surface area (Å²) < 4.78 is 26.9. The zero-order chi connectivity index (χ0) is 21.5. The van der Waals surface area contributed by atoms with E-state index in [1.165, 1.54) is 25.2 Å². The highest BCUT2D eigenvalue weighted by Crippen LogP contribution is 2.35. The first-order chi connectivity index (χ1) is 14.3. The summed E-state index contributed by atoms with van der Waals surface area (Å²) in [7, 11) is -2.26. The van der Waals surface area contributed by atoms with Crippen LogP contribution in [-0.2, 0) is 16.4 Å². The molecule has 5 nitrogen and oxygen atoms in total. The van der Waals surface area contributed by atoms with Gasteiger partial charge in [0.1, 0.15) is 0 Å². The van der Waals surface area contributed by atoms with Crippen molar-refractivity contribution in [1.29, 1.82) is 0 Å². The largest absolute Gasteiger partial charge is 0.305 e. The van der Waals surface area contributed by atoms with Crippen LogP contribution in [-0.4, -0.2) is 27.4 Å². The maximum atomic E-state index is 13.3.